The third kappa shape index (κ3) is 3.77. The Morgan fingerprint density at radius 3 is 2.04 bits per heavy atom. The Kier molecular flexibility index (Phi) is 5.51. The second-order valence-corrected chi connectivity index (χ2v) is 8.23. The van der Waals surface area contributed by atoms with Crippen LogP contribution in [0.25, 0.3) is 16.3 Å². The van der Waals surface area contributed by atoms with Gasteiger partial charge < -0.3 is 9.47 Å². The molecular formula is C26H30O2. The van der Waals surface area contributed by atoms with Crippen LogP contribution in [0, 0.1) is 0 Å². The van der Waals surface area contributed by atoms with E-state index in [1.54, 1.807) is 14.2 Å². The molecule has 0 amide bonds. The first-order valence-electron chi connectivity index (χ1n) is 9.77. The fraction of sp³-hybridized carbons (Fsp3) is 0.308. The van der Waals surface area contributed by atoms with Crippen LogP contribution in [-0.2, 0) is 11.8 Å². The van der Waals surface area contributed by atoms with Gasteiger partial charge in [-0.25, -0.2) is 0 Å². The summed E-state index contributed by atoms with van der Waals surface area (Å²) in [5.41, 5.74) is 6.03. The number of rotatable bonds is 5. The van der Waals surface area contributed by atoms with Crippen molar-refractivity contribution < 1.29 is 9.47 Å². The minimum absolute atomic E-state index is 0.138. The Hall–Kier alpha value is -2.74. The molecular weight excluding hydrogens is 344 g/mol. The van der Waals surface area contributed by atoms with Crippen LogP contribution in [-0.4, -0.2) is 14.2 Å². The summed E-state index contributed by atoms with van der Waals surface area (Å²) in [6.07, 6.45) is 0.966. The molecule has 0 saturated carbocycles. The van der Waals surface area contributed by atoms with Crippen LogP contribution in [0.4, 0.5) is 0 Å². The van der Waals surface area contributed by atoms with E-state index in [9.17, 15) is 0 Å². The SMILES string of the molecule is C=C(c1ccc(C(C)(C)C)cc1)c1cc(CC)cc2cc(OC)c(OC)cc12. The molecule has 3 aromatic carbocycles. The first-order chi connectivity index (χ1) is 13.3. The highest BCUT2D eigenvalue weighted by atomic mass is 16.5. The summed E-state index contributed by atoms with van der Waals surface area (Å²) < 4.78 is 11.0. The quantitative estimate of drug-likeness (QED) is 0.490. The lowest BCUT2D eigenvalue weighted by atomic mass is 9.85. The predicted octanol–water partition coefficient (Wildman–Crippen LogP) is 6.78. The molecule has 0 saturated heterocycles. The molecule has 28 heavy (non-hydrogen) atoms. The van der Waals surface area contributed by atoms with E-state index in [-0.39, 0.29) is 5.41 Å². The third-order valence-electron chi connectivity index (χ3n) is 5.35. The fourth-order valence-electron chi connectivity index (χ4n) is 3.53. The van der Waals surface area contributed by atoms with Gasteiger partial charge in [-0.05, 0) is 62.6 Å². The second kappa shape index (κ2) is 7.71. The van der Waals surface area contributed by atoms with Gasteiger partial charge in [-0.1, -0.05) is 70.7 Å². The van der Waals surface area contributed by atoms with E-state index in [2.05, 4.69) is 76.7 Å². The van der Waals surface area contributed by atoms with Crippen LogP contribution in [0.2, 0.25) is 0 Å². The number of benzene rings is 3. The summed E-state index contributed by atoms with van der Waals surface area (Å²) in [5.74, 6) is 1.48. The van der Waals surface area contributed by atoms with E-state index < -0.39 is 0 Å². The number of aryl methyl sites for hydroxylation is 1. The van der Waals surface area contributed by atoms with Crippen LogP contribution in [0.3, 0.4) is 0 Å². The summed E-state index contributed by atoms with van der Waals surface area (Å²) >= 11 is 0. The van der Waals surface area contributed by atoms with E-state index in [1.807, 2.05) is 6.07 Å². The van der Waals surface area contributed by atoms with Gasteiger partial charge in [0.25, 0.3) is 0 Å². The fourth-order valence-corrected chi connectivity index (χ4v) is 3.53. The van der Waals surface area contributed by atoms with Crippen molar-refractivity contribution >= 4 is 16.3 Å². The zero-order valence-corrected chi connectivity index (χ0v) is 17.8. The average molecular weight is 375 g/mol. The molecule has 0 fully saturated rings. The summed E-state index contributed by atoms with van der Waals surface area (Å²) in [5, 5.41) is 2.26. The lowest BCUT2D eigenvalue weighted by Gasteiger charge is -2.20. The van der Waals surface area contributed by atoms with Gasteiger partial charge in [-0.15, -0.1) is 0 Å². The third-order valence-corrected chi connectivity index (χ3v) is 5.35. The lowest BCUT2D eigenvalue weighted by Crippen LogP contribution is -2.10. The van der Waals surface area contributed by atoms with Crippen molar-refractivity contribution in [3.8, 4) is 11.5 Å². The number of ether oxygens (including phenoxy) is 2. The number of hydrogen-bond acceptors (Lipinski definition) is 2. The molecule has 2 heteroatoms. The van der Waals surface area contributed by atoms with Gasteiger partial charge in [0.1, 0.15) is 0 Å². The highest BCUT2D eigenvalue weighted by molar-refractivity contribution is 5.99. The van der Waals surface area contributed by atoms with Gasteiger partial charge in [0, 0.05) is 0 Å². The number of methoxy groups -OCH3 is 2. The van der Waals surface area contributed by atoms with Crippen molar-refractivity contribution in [1.82, 2.24) is 0 Å². The van der Waals surface area contributed by atoms with E-state index in [0.717, 1.165) is 45.4 Å². The lowest BCUT2D eigenvalue weighted by molar-refractivity contribution is 0.356. The molecule has 0 bridgehead atoms. The normalized spacial score (nSPS) is 11.5. The highest BCUT2D eigenvalue weighted by Gasteiger charge is 2.16. The van der Waals surface area contributed by atoms with Crippen molar-refractivity contribution in [3.05, 3.63) is 77.4 Å². The summed E-state index contributed by atoms with van der Waals surface area (Å²) in [6, 6.07) is 17.3. The van der Waals surface area contributed by atoms with E-state index in [1.165, 1.54) is 11.1 Å². The Morgan fingerprint density at radius 2 is 1.50 bits per heavy atom. The molecule has 0 aromatic heterocycles. The summed E-state index contributed by atoms with van der Waals surface area (Å²) in [6.45, 7) is 13.3. The molecule has 2 nitrogen and oxygen atoms in total. The Morgan fingerprint density at radius 1 is 0.893 bits per heavy atom. The minimum atomic E-state index is 0.138. The standard InChI is InChI=1S/C26H30O2/c1-8-18-13-20-15-24(27-6)25(28-7)16-23(20)22(14-18)17(2)19-9-11-21(12-10-19)26(3,4)5/h9-16H,2,8H2,1,3-7H3. The van der Waals surface area contributed by atoms with Gasteiger partial charge >= 0.3 is 0 Å². The zero-order chi connectivity index (χ0) is 20.5. The minimum Gasteiger partial charge on any atom is -0.493 e. The second-order valence-electron chi connectivity index (χ2n) is 8.23. The van der Waals surface area contributed by atoms with Gasteiger partial charge in [0.15, 0.2) is 11.5 Å². The van der Waals surface area contributed by atoms with Crippen molar-refractivity contribution in [3.63, 3.8) is 0 Å². The van der Waals surface area contributed by atoms with E-state index in [0.29, 0.717) is 0 Å². The van der Waals surface area contributed by atoms with Crippen molar-refractivity contribution in [1.29, 1.82) is 0 Å². The van der Waals surface area contributed by atoms with Crippen molar-refractivity contribution in [2.24, 2.45) is 0 Å². The van der Waals surface area contributed by atoms with Crippen LogP contribution in [0.15, 0.2) is 55.1 Å². The smallest absolute Gasteiger partial charge is 0.161 e. The molecule has 0 atom stereocenters. The Balaban J connectivity index is 2.16. The van der Waals surface area contributed by atoms with Crippen LogP contribution in [0.5, 0.6) is 11.5 Å². The molecule has 0 spiro atoms. The van der Waals surface area contributed by atoms with Crippen LogP contribution >= 0.6 is 0 Å². The Bertz CT molecular complexity index is 1010. The van der Waals surface area contributed by atoms with E-state index in [4.69, 9.17) is 9.47 Å². The molecule has 0 N–H and O–H groups in total. The molecule has 3 aromatic rings. The van der Waals surface area contributed by atoms with Crippen LogP contribution in [0.1, 0.15) is 49.9 Å². The molecule has 0 heterocycles. The number of hydrogen-bond donors (Lipinski definition) is 0. The van der Waals surface area contributed by atoms with Gasteiger partial charge in [0.05, 0.1) is 14.2 Å². The zero-order valence-electron chi connectivity index (χ0n) is 17.8. The first kappa shape index (κ1) is 20.0. The highest BCUT2D eigenvalue weighted by Crippen LogP contribution is 2.38. The summed E-state index contributed by atoms with van der Waals surface area (Å²) in [4.78, 5) is 0. The maximum atomic E-state index is 5.54. The van der Waals surface area contributed by atoms with Gasteiger partial charge in [-0.3, -0.25) is 0 Å². The topological polar surface area (TPSA) is 18.5 Å². The molecule has 0 aliphatic carbocycles. The molecule has 0 aliphatic rings. The monoisotopic (exact) mass is 374 g/mol. The Labute approximate surface area is 168 Å². The maximum absolute atomic E-state index is 5.54. The molecule has 3 rings (SSSR count). The maximum Gasteiger partial charge on any atom is 0.161 e. The predicted molar refractivity (Wildman–Crippen MR) is 120 cm³/mol. The first-order valence-corrected chi connectivity index (χ1v) is 9.77. The largest absolute Gasteiger partial charge is 0.493 e. The number of fused-ring (bicyclic) bond motifs is 1. The molecule has 0 unspecified atom stereocenters. The molecule has 146 valence electrons. The molecule has 0 aliphatic heterocycles. The van der Waals surface area contributed by atoms with Gasteiger partial charge in [0.2, 0.25) is 0 Å². The van der Waals surface area contributed by atoms with Crippen LogP contribution < -0.4 is 9.47 Å². The van der Waals surface area contributed by atoms with Crippen molar-refractivity contribution in [2.75, 3.05) is 14.2 Å². The molecule has 0 radical (unpaired) electrons. The van der Waals surface area contributed by atoms with Gasteiger partial charge in [-0.2, -0.15) is 0 Å². The van der Waals surface area contributed by atoms with E-state index >= 15 is 0 Å². The van der Waals surface area contributed by atoms with Crippen molar-refractivity contribution in [2.45, 2.75) is 39.5 Å². The average Bonchev–Trinajstić information content (AvgIpc) is 2.70. The summed E-state index contributed by atoms with van der Waals surface area (Å²) in [7, 11) is 3.34.